The smallest absolute Gasteiger partial charge is 0.256 e. The zero-order valence-electron chi connectivity index (χ0n) is 17.2. The van der Waals surface area contributed by atoms with Crippen molar-refractivity contribution in [3.8, 4) is 0 Å². The van der Waals surface area contributed by atoms with Crippen molar-refractivity contribution in [3.05, 3.63) is 53.3 Å². The van der Waals surface area contributed by atoms with Gasteiger partial charge in [0.05, 0.1) is 18.5 Å². The second-order valence-corrected chi connectivity index (χ2v) is 8.41. The minimum atomic E-state index is -0.0433. The summed E-state index contributed by atoms with van der Waals surface area (Å²) < 4.78 is 7.71. The first-order chi connectivity index (χ1) is 14.6. The molecule has 3 aromatic rings. The number of thioether (sulfide) groups is 1. The molecule has 1 saturated heterocycles. The minimum Gasteiger partial charge on any atom is -0.374 e. The van der Waals surface area contributed by atoms with Crippen LogP contribution in [0, 0.1) is 13.8 Å². The predicted molar refractivity (Wildman–Crippen MR) is 115 cm³/mol. The van der Waals surface area contributed by atoms with E-state index in [-0.39, 0.29) is 17.8 Å². The molecule has 1 aliphatic heterocycles. The molecule has 1 fully saturated rings. The van der Waals surface area contributed by atoms with E-state index in [4.69, 9.17) is 4.74 Å². The van der Waals surface area contributed by atoms with Crippen LogP contribution in [0.25, 0.3) is 5.78 Å². The molecule has 30 heavy (non-hydrogen) atoms. The number of hydrogen-bond acceptors (Lipinski definition) is 7. The number of morpholine rings is 1. The Hall–Kier alpha value is -2.49. The number of benzene rings is 1. The van der Waals surface area contributed by atoms with E-state index in [2.05, 4.69) is 49.7 Å². The highest BCUT2D eigenvalue weighted by atomic mass is 32.2. The van der Waals surface area contributed by atoms with Crippen molar-refractivity contribution in [1.29, 1.82) is 0 Å². The van der Waals surface area contributed by atoms with Crippen LogP contribution in [-0.4, -0.2) is 68.5 Å². The Morgan fingerprint density at radius 1 is 1.27 bits per heavy atom. The van der Waals surface area contributed by atoms with Crippen molar-refractivity contribution in [3.63, 3.8) is 0 Å². The Bertz CT molecular complexity index is 1010. The van der Waals surface area contributed by atoms with Crippen LogP contribution in [0.1, 0.15) is 17.0 Å². The van der Waals surface area contributed by atoms with Crippen molar-refractivity contribution in [2.45, 2.75) is 31.7 Å². The number of amides is 1. The molecule has 158 valence electrons. The van der Waals surface area contributed by atoms with Crippen molar-refractivity contribution in [2.24, 2.45) is 0 Å². The van der Waals surface area contributed by atoms with Crippen LogP contribution in [0.4, 0.5) is 0 Å². The molecule has 0 unspecified atom stereocenters. The number of hydrogen-bond donors (Lipinski definition) is 1. The van der Waals surface area contributed by atoms with Gasteiger partial charge < -0.3 is 10.1 Å². The Morgan fingerprint density at radius 2 is 2.10 bits per heavy atom. The Labute approximate surface area is 180 Å². The van der Waals surface area contributed by atoms with E-state index in [1.165, 1.54) is 17.3 Å². The molecule has 1 aliphatic rings. The maximum absolute atomic E-state index is 12.4. The number of ether oxygens (including phenoxy) is 1. The van der Waals surface area contributed by atoms with Crippen LogP contribution in [0.2, 0.25) is 0 Å². The van der Waals surface area contributed by atoms with Crippen LogP contribution in [0.5, 0.6) is 0 Å². The molecule has 0 aliphatic carbocycles. The molecule has 4 rings (SSSR count). The summed E-state index contributed by atoms with van der Waals surface area (Å²) in [7, 11) is 0. The number of aryl methyl sites for hydroxylation is 2. The number of nitrogens with zero attached hydrogens (tertiary/aromatic N) is 5. The third kappa shape index (κ3) is 5.16. The highest BCUT2D eigenvalue weighted by molar-refractivity contribution is 7.99. The molecule has 9 heteroatoms. The standard InChI is InChI=1S/C21H26N6O2S/c1-15-10-16(2)27-20(23-15)24-25-21(27)30-14-19(28)22-11-18-13-26(8-9-29-18)12-17-6-4-3-5-7-17/h3-7,10,18H,8-9,11-14H2,1-2H3,(H,22,28)/t18-/m1/s1. The molecule has 3 heterocycles. The first kappa shape index (κ1) is 20.8. The maximum atomic E-state index is 12.4. The van der Waals surface area contributed by atoms with Crippen molar-refractivity contribution < 1.29 is 9.53 Å². The molecule has 1 amide bonds. The zero-order chi connectivity index (χ0) is 20.9. The van der Waals surface area contributed by atoms with E-state index in [1.54, 1.807) is 0 Å². The molecule has 1 N–H and O–H groups in total. The molecular formula is C21H26N6O2S. The Kier molecular flexibility index (Phi) is 6.61. The minimum absolute atomic E-state index is 0.000228. The van der Waals surface area contributed by atoms with Gasteiger partial charge in [-0.05, 0) is 25.5 Å². The van der Waals surface area contributed by atoms with Crippen molar-refractivity contribution in [1.82, 2.24) is 29.8 Å². The fourth-order valence-corrected chi connectivity index (χ4v) is 4.41. The number of carbonyl (C=O) groups excluding carboxylic acids is 1. The zero-order valence-corrected chi connectivity index (χ0v) is 18.1. The van der Waals surface area contributed by atoms with Crippen LogP contribution in [-0.2, 0) is 16.1 Å². The average Bonchev–Trinajstić information content (AvgIpc) is 3.15. The van der Waals surface area contributed by atoms with Gasteiger partial charge in [0.25, 0.3) is 5.78 Å². The van der Waals surface area contributed by atoms with E-state index in [9.17, 15) is 4.79 Å². The van der Waals surface area contributed by atoms with Gasteiger partial charge in [-0.25, -0.2) is 4.98 Å². The summed E-state index contributed by atoms with van der Waals surface area (Å²) in [6, 6.07) is 12.4. The first-order valence-electron chi connectivity index (χ1n) is 10.1. The molecule has 0 bridgehead atoms. The van der Waals surface area contributed by atoms with E-state index < -0.39 is 0 Å². The number of nitrogens with one attached hydrogen (secondary N) is 1. The second-order valence-electron chi connectivity index (χ2n) is 7.46. The highest BCUT2D eigenvalue weighted by Crippen LogP contribution is 2.18. The van der Waals surface area contributed by atoms with Gasteiger partial charge in [0.15, 0.2) is 5.16 Å². The number of carbonyl (C=O) groups is 1. The molecule has 1 aromatic carbocycles. The molecule has 1 atom stereocenters. The lowest BCUT2D eigenvalue weighted by Gasteiger charge is -2.33. The van der Waals surface area contributed by atoms with Gasteiger partial charge in [-0.2, -0.15) is 0 Å². The second kappa shape index (κ2) is 9.55. The Morgan fingerprint density at radius 3 is 2.93 bits per heavy atom. The summed E-state index contributed by atoms with van der Waals surface area (Å²) in [5, 5.41) is 11.9. The normalized spacial score (nSPS) is 17.3. The fraction of sp³-hybridized carbons (Fsp3) is 0.429. The van der Waals surface area contributed by atoms with Gasteiger partial charge in [-0.15, -0.1) is 10.2 Å². The molecule has 0 spiro atoms. The predicted octanol–water partition coefficient (Wildman–Crippen LogP) is 1.85. The molecular weight excluding hydrogens is 400 g/mol. The van der Waals surface area contributed by atoms with Gasteiger partial charge in [0.1, 0.15) is 0 Å². The summed E-state index contributed by atoms with van der Waals surface area (Å²) in [6.45, 7) is 7.71. The largest absolute Gasteiger partial charge is 0.374 e. The van der Waals surface area contributed by atoms with Crippen molar-refractivity contribution in [2.75, 3.05) is 32.0 Å². The van der Waals surface area contributed by atoms with Gasteiger partial charge >= 0.3 is 0 Å². The lowest BCUT2D eigenvalue weighted by molar-refractivity contribution is -0.119. The third-order valence-electron chi connectivity index (χ3n) is 4.99. The van der Waals surface area contributed by atoms with Crippen molar-refractivity contribution >= 4 is 23.4 Å². The molecule has 8 nitrogen and oxygen atoms in total. The van der Waals surface area contributed by atoms with E-state index in [0.29, 0.717) is 24.1 Å². The average molecular weight is 427 g/mol. The van der Waals surface area contributed by atoms with Crippen LogP contribution in [0.15, 0.2) is 41.6 Å². The monoisotopic (exact) mass is 426 g/mol. The summed E-state index contributed by atoms with van der Waals surface area (Å²) in [6.07, 6.45) is -0.000228. The summed E-state index contributed by atoms with van der Waals surface area (Å²) in [5.41, 5.74) is 3.19. The van der Waals surface area contributed by atoms with Gasteiger partial charge in [-0.1, -0.05) is 42.1 Å². The van der Waals surface area contributed by atoms with Gasteiger partial charge in [-0.3, -0.25) is 14.1 Å². The maximum Gasteiger partial charge on any atom is 0.256 e. The SMILES string of the molecule is Cc1cc(C)n2c(SCC(=O)NC[C@@H]3CN(Cc4ccccc4)CCO3)nnc2n1. The topological polar surface area (TPSA) is 84.7 Å². The van der Waals surface area contributed by atoms with Crippen LogP contribution in [0.3, 0.4) is 0 Å². The lowest BCUT2D eigenvalue weighted by atomic mass is 10.2. The summed E-state index contributed by atoms with van der Waals surface area (Å²) in [5.74, 6) is 0.789. The van der Waals surface area contributed by atoms with Crippen LogP contribution < -0.4 is 5.32 Å². The van der Waals surface area contributed by atoms with E-state index in [0.717, 1.165) is 31.0 Å². The number of rotatable bonds is 7. The number of fused-ring (bicyclic) bond motifs is 1. The molecule has 2 aromatic heterocycles. The molecule has 0 radical (unpaired) electrons. The van der Waals surface area contributed by atoms with Gasteiger partial charge in [0, 0.05) is 37.6 Å². The summed E-state index contributed by atoms with van der Waals surface area (Å²) in [4.78, 5) is 19.1. The Balaban J connectivity index is 1.25. The first-order valence-corrected chi connectivity index (χ1v) is 11.0. The van der Waals surface area contributed by atoms with E-state index >= 15 is 0 Å². The summed E-state index contributed by atoms with van der Waals surface area (Å²) >= 11 is 1.36. The highest BCUT2D eigenvalue weighted by Gasteiger charge is 2.21. The van der Waals surface area contributed by atoms with Crippen LogP contribution >= 0.6 is 11.8 Å². The van der Waals surface area contributed by atoms with E-state index in [1.807, 2.05) is 30.4 Å². The van der Waals surface area contributed by atoms with Gasteiger partial charge in [0.2, 0.25) is 5.91 Å². The number of aromatic nitrogens is 4. The molecule has 0 saturated carbocycles. The quantitative estimate of drug-likeness (QED) is 0.577. The third-order valence-corrected chi connectivity index (χ3v) is 5.92. The lowest BCUT2D eigenvalue weighted by Crippen LogP contribution is -2.47. The fourth-order valence-electron chi connectivity index (χ4n) is 3.59.